The first-order valence-electron chi connectivity index (χ1n) is 12.4. The Morgan fingerprint density at radius 3 is 2.66 bits per heavy atom. The van der Waals surface area contributed by atoms with Gasteiger partial charge < -0.3 is 20.4 Å². The van der Waals surface area contributed by atoms with Crippen LogP contribution in [0.25, 0.3) is 16.2 Å². The number of anilines is 3. The molecule has 1 atom stereocenters. The van der Waals surface area contributed by atoms with Gasteiger partial charge in [0.15, 0.2) is 10.9 Å². The van der Waals surface area contributed by atoms with Crippen molar-refractivity contribution < 1.29 is 9.18 Å². The number of carbonyl (C=O) groups excluding carboxylic acids is 1. The Kier molecular flexibility index (Phi) is 5.96. The summed E-state index contributed by atoms with van der Waals surface area (Å²) in [6.45, 7) is 5.15. The van der Waals surface area contributed by atoms with E-state index in [4.69, 9.17) is 20.8 Å². The van der Waals surface area contributed by atoms with Crippen molar-refractivity contribution in [1.82, 2.24) is 24.5 Å². The summed E-state index contributed by atoms with van der Waals surface area (Å²) in [5, 5.41) is 16.2. The van der Waals surface area contributed by atoms with Crippen LogP contribution in [0.3, 0.4) is 0 Å². The number of fused-ring (bicyclic) bond motifs is 1. The molecule has 2 aliphatic rings. The van der Waals surface area contributed by atoms with Crippen LogP contribution in [0.2, 0.25) is 0 Å². The summed E-state index contributed by atoms with van der Waals surface area (Å²) < 4.78 is 15.3. The van der Waals surface area contributed by atoms with Crippen LogP contribution in [0.5, 0.6) is 0 Å². The van der Waals surface area contributed by atoms with Gasteiger partial charge in [-0.3, -0.25) is 0 Å². The van der Waals surface area contributed by atoms with Crippen LogP contribution in [0.4, 0.5) is 25.3 Å². The number of hydrogen-bond acceptors (Lipinski definition) is 9. The number of aromatic nitrogens is 4. The van der Waals surface area contributed by atoms with E-state index in [1.807, 2.05) is 23.4 Å². The van der Waals surface area contributed by atoms with Crippen LogP contribution in [0.1, 0.15) is 30.3 Å². The van der Waals surface area contributed by atoms with Crippen LogP contribution >= 0.6 is 22.7 Å². The third-order valence-corrected chi connectivity index (χ3v) is 9.48. The molecule has 2 fully saturated rings. The zero-order chi connectivity index (χ0) is 26.6. The molecule has 2 aliphatic heterocycles. The normalized spacial score (nSPS) is 19.1. The van der Waals surface area contributed by atoms with Gasteiger partial charge in [0.05, 0.1) is 5.69 Å². The zero-order valence-electron chi connectivity index (χ0n) is 21.0. The maximum atomic E-state index is 13.5. The smallest absolute Gasteiger partial charge is 0.314 e. The van der Waals surface area contributed by atoms with E-state index in [2.05, 4.69) is 11.0 Å². The first kappa shape index (κ1) is 24.6. The fourth-order valence-electron chi connectivity index (χ4n) is 5.45. The van der Waals surface area contributed by atoms with Crippen molar-refractivity contribution in [2.24, 2.45) is 11.1 Å². The van der Waals surface area contributed by atoms with Gasteiger partial charge in [-0.05, 0) is 43.5 Å². The second-order valence-electron chi connectivity index (χ2n) is 9.85. The summed E-state index contributed by atoms with van der Waals surface area (Å²) >= 11 is 2.83. The second-order valence-corrected chi connectivity index (χ2v) is 11.8. The molecule has 0 bridgehead atoms. The molecule has 10 nitrogen and oxygen atoms in total. The Bertz CT molecular complexity index is 1570. The fraction of sp³-hybridized carbons (Fsp3) is 0.400. The lowest BCUT2D eigenvalue weighted by Crippen LogP contribution is -2.37. The Morgan fingerprint density at radius 2 is 1.97 bits per heavy atom. The van der Waals surface area contributed by atoms with E-state index in [9.17, 15) is 14.4 Å². The number of urea groups is 1. The minimum absolute atomic E-state index is 0.0579. The number of carbonyl (C=O) groups is 1. The molecule has 38 heavy (non-hydrogen) atoms. The highest BCUT2D eigenvalue weighted by molar-refractivity contribution is 7.20. The van der Waals surface area contributed by atoms with Gasteiger partial charge in [0.25, 0.3) is 0 Å². The topological polar surface area (TPSA) is 120 Å². The van der Waals surface area contributed by atoms with Crippen LogP contribution < -0.4 is 15.5 Å². The van der Waals surface area contributed by atoms with Gasteiger partial charge in [0.2, 0.25) is 10.1 Å². The van der Waals surface area contributed by atoms with E-state index in [-0.39, 0.29) is 17.3 Å². The summed E-state index contributed by atoms with van der Waals surface area (Å²) in [7, 11) is 1.90. The van der Waals surface area contributed by atoms with Crippen molar-refractivity contribution >= 4 is 49.7 Å². The number of hydrogen-bond donors (Lipinski definition) is 1. The van der Waals surface area contributed by atoms with Crippen molar-refractivity contribution in [3.05, 3.63) is 40.7 Å². The average Bonchev–Trinajstić information content (AvgIpc) is 3.72. The number of nitrogens with zero attached hydrogens (tertiary/aromatic N) is 8. The molecule has 1 aromatic carbocycles. The average molecular weight is 552 g/mol. The quantitative estimate of drug-likeness (QED) is 0.394. The molecular weight excluding hydrogens is 525 g/mol. The molecule has 196 valence electrons. The van der Waals surface area contributed by atoms with Gasteiger partial charge in [-0.1, -0.05) is 29.6 Å². The van der Waals surface area contributed by atoms with Gasteiger partial charge in [-0.25, -0.2) is 19.2 Å². The molecule has 0 saturated carbocycles. The maximum Gasteiger partial charge on any atom is 0.314 e. The van der Waals surface area contributed by atoms with Gasteiger partial charge in [-0.15, -0.1) is 5.10 Å². The van der Waals surface area contributed by atoms with Crippen molar-refractivity contribution in [3.8, 4) is 17.3 Å². The van der Waals surface area contributed by atoms with Crippen molar-refractivity contribution in [2.75, 3.05) is 43.0 Å². The molecule has 0 radical (unpaired) electrons. The summed E-state index contributed by atoms with van der Waals surface area (Å²) in [5.41, 5.74) is 7.68. The number of thiazole rings is 1. The molecule has 6 rings (SSSR count). The van der Waals surface area contributed by atoms with E-state index in [1.54, 1.807) is 28.4 Å². The third-order valence-electron chi connectivity index (χ3n) is 7.47. The molecule has 2 N–H and O–H groups in total. The highest BCUT2D eigenvalue weighted by atomic mass is 32.1. The number of nitrogens with two attached hydrogens (primary N) is 1. The standard InChI is InChI=1S/C25H26FN9OS2/c1-3-17-20(32(2)22-30-19(18(12-27)37-22)15-4-6-16(26)7-5-15)35-23(29-17)38-24(31-35)34-11-9-25(14-34)8-10-33(13-25)21(28)36/h4-7H,3,8-11,13-14H2,1-2H3,(H2,28,36). The lowest BCUT2D eigenvalue weighted by atomic mass is 9.86. The molecule has 13 heteroatoms. The Hall–Kier alpha value is -3.76. The highest BCUT2D eigenvalue weighted by Crippen LogP contribution is 2.43. The predicted octanol–water partition coefficient (Wildman–Crippen LogP) is 4.24. The van der Waals surface area contributed by atoms with E-state index < -0.39 is 0 Å². The number of nitriles is 1. The van der Waals surface area contributed by atoms with Crippen LogP contribution in [0.15, 0.2) is 24.3 Å². The minimum Gasteiger partial charge on any atom is -0.351 e. The molecule has 2 amide bonds. The zero-order valence-corrected chi connectivity index (χ0v) is 22.6. The van der Waals surface area contributed by atoms with Gasteiger partial charge in [-0.2, -0.15) is 9.78 Å². The van der Waals surface area contributed by atoms with Gasteiger partial charge in [0.1, 0.15) is 22.5 Å². The highest BCUT2D eigenvalue weighted by Gasteiger charge is 2.45. The van der Waals surface area contributed by atoms with Crippen LogP contribution in [0, 0.1) is 22.6 Å². The monoisotopic (exact) mass is 551 g/mol. The third kappa shape index (κ3) is 4.04. The molecule has 1 unspecified atom stereocenters. The summed E-state index contributed by atoms with van der Waals surface area (Å²) in [6.07, 6.45) is 2.65. The number of aryl methyl sites for hydroxylation is 1. The van der Waals surface area contributed by atoms with Crippen LogP contribution in [-0.4, -0.2) is 63.7 Å². The largest absolute Gasteiger partial charge is 0.351 e. The number of likely N-dealkylation sites (tertiary alicyclic amines) is 1. The first-order chi connectivity index (χ1) is 18.3. The lowest BCUT2D eigenvalue weighted by molar-refractivity contribution is 0.211. The summed E-state index contributed by atoms with van der Waals surface area (Å²) in [6, 6.07) is 7.88. The summed E-state index contributed by atoms with van der Waals surface area (Å²) in [5.74, 6) is 0.471. The summed E-state index contributed by atoms with van der Waals surface area (Å²) in [4.78, 5) is 28.5. The van der Waals surface area contributed by atoms with E-state index >= 15 is 0 Å². The number of primary amides is 1. The van der Waals surface area contributed by atoms with Crippen molar-refractivity contribution in [2.45, 2.75) is 26.2 Å². The Labute approximate surface area is 226 Å². The molecule has 1 spiro atoms. The van der Waals surface area contributed by atoms with Crippen molar-refractivity contribution in [3.63, 3.8) is 0 Å². The molecule has 0 aliphatic carbocycles. The van der Waals surface area contributed by atoms with Gasteiger partial charge >= 0.3 is 6.03 Å². The van der Waals surface area contributed by atoms with E-state index in [1.165, 1.54) is 23.5 Å². The molecule has 4 aromatic rings. The minimum atomic E-state index is -0.350. The molecule has 2 saturated heterocycles. The molecule has 3 aromatic heterocycles. The SMILES string of the molecule is CCc1nc2sc(N3CCC4(CCN(C(N)=O)C4)C3)nn2c1N(C)c1nc(-c2ccc(F)cc2)c(C#N)s1. The van der Waals surface area contributed by atoms with E-state index in [0.717, 1.165) is 47.5 Å². The second kappa shape index (κ2) is 9.21. The Balaban J connectivity index is 1.31. The molecular formula is C25H26FN9OS2. The predicted molar refractivity (Wildman–Crippen MR) is 146 cm³/mol. The lowest BCUT2D eigenvalue weighted by Gasteiger charge is -2.23. The number of amides is 2. The van der Waals surface area contributed by atoms with Crippen molar-refractivity contribution in [1.29, 1.82) is 5.26 Å². The number of rotatable bonds is 5. The van der Waals surface area contributed by atoms with E-state index in [0.29, 0.717) is 40.8 Å². The fourth-order valence-corrected chi connectivity index (χ4v) is 7.24. The maximum absolute atomic E-state index is 13.5. The number of benzene rings is 1. The van der Waals surface area contributed by atoms with Gasteiger partial charge in [0, 0.05) is 44.2 Å². The number of halogens is 1. The molecule has 5 heterocycles. The number of imidazole rings is 1. The first-order valence-corrected chi connectivity index (χ1v) is 14.0. The van der Waals surface area contributed by atoms with Crippen LogP contribution in [-0.2, 0) is 6.42 Å². The Morgan fingerprint density at radius 1 is 1.21 bits per heavy atom.